The Bertz CT molecular complexity index is 2490. The Hall–Kier alpha value is -5.84. The SMILES string of the molecule is c1ccc(-c2ccccc2-c2cc(-c3ccc(-c4cc5ccccc5o4)cc3)nc(-c3cccc4c3sc3ccccc34)n2)cc1. The monoisotopic (exact) mass is 606 g/mol. The molecule has 0 saturated heterocycles. The lowest BCUT2D eigenvalue weighted by atomic mass is 9.96. The second-order valence-electron chi connectivity index (χ2n) is 11.4. The molecule has 0 atom stereocenters. The molecule has 3 heterocycles. The molecule has 0 amide bonds. The number of para-hydroxylation sites is 1. The van der Waals surface area contributed by atoms with Gasteiger partial charge in [0.05, 0.1) is 11.4 Å². The van der Waals surface area contributed by atoms with Crippen molar-refractivity contribution in [2.45, 2.75) is 0 Å². The van der Waals surface area contributed by atoms with Crippen LogP contribution in [0.5, 0.6) is 0 Å². The van der Waals surface area contributed by atoms with E-state index >= 15 is 0 Å². The first-order valence-electron chi connectivity index (χ1n) is 15.3. The number of benzene rings is 6. The van der Waals surface area contributed by atoms with Crippen molar-refractivity contribution in [3.63, 3.8) is 0 Å². The zero-order chi connectivity index (χ0) is 30.5. The third-order valence-corrected chi connectivity index (χ3v) is 9.77. The summed E-state index contributed by atoms with van der Waals surface area (Å²) in [5.41, 5.74) is 9.10. The van der Waals surface area contributed by atoms with Gasteiger partial charge in [0.1, 0.15) is 11.3 Å². The molecular weight excluding hydrogens is 581 g/mol. The summed E-state index contributed by atoms with van der Waals surface area (Å²) in [6, 6.07) is 54.8. The minimum Gasteiger partial charge on any atom is -0.456 e. The summed E-state index contributed by atoms with van der Waals surface area (Å²) < 4.78 is 8.61. The molecule has 9 rings (SSSR count). The number of thiophene rings is 1. The molecular formula is C42H26N2OS. The van der Waals surface area contributed by atoms with E-state index in [1.165, 1.54) is 20.2 Å². The van der Waals surface area contributed by atoms with Crippen LogP contribution in [-0.4, -0.2) is 9.97 Å². The number of furan rings is 1. The number of hydrogen-bond acceptors (Lipinski definition) is 4. The molecule has 3 aromatic heterocycles. The maximum Gasteiger partial charge on any atom is 0.161 e. The largest absolute Gasteiger partial charge is 0.456 e. The number of hydrogen-bond donors (Lipinski definition) is 0. The van der Waals surface area contributed by atoms with Gasteiger partial charge in [-0.3, -0.25) is 0 Å². The highest BCUT2D eigenvalue weighted by Gasteiger charge is 2.17. The summed E-state index contributed by atoms with van der Waals surface area (Å²) in [7, 11) is 0. The molecule has 9 aromatic rings. The lowest BCUT2D eigenvalue weighted by Gasteiger charge is -2.13. The summed E-state index contributed by atoms with van der Waals surface area (Å²) >= 11 is 1.80. The first kappa shape index (κ1) is 26.6. The molecule has 0 radical (unpaired) electrons. The van der Waals surface area contributed by atoms with Gasteiger partial charge in [0.2, 0.25) is 0 Å². The maximum atomic E-state index is 6.15. The van der Waals surface area contributed by atoms with Gasteiger partial charge in [0, 0.05) is 47.8 Å². The Morgan fingerprint density at radius 2 is 1.13 bits per heavy atom. The Morgan fingerprint density at radius 1 is 0.457 bits per heavy atom. The number of rotatable bonds is 5. The lowest BCUT2D eigenvalue weighted by Crippen LogP contribution is -1.97. The summed E-state index contributed by atoms with van der Waals surface area (Å²) in [6.45, 7) is 0. The van der Waals surface area contributed by atoms with Crippen LogP contribution in [0.15, 0.2) is 162 Å². The van der Waals surface area contributed by atoms with Crippen molar-refractivity contribution in [1.29, 1.82) is 0 Å². The Kier molecular flexibility index (Phi) is 6.32. The van der Waals surface area contributed by atoms with Crippen LogP contribution in [0, 0.1) is 0 Å². The predicted octanol–water partition coefficient (Wildman–Crippen LogP) is 11.9. The van der Waals surface area contributed by atoms with Crippen molar-refractivity contribution < 1.29 is 4.42 Å². The normalized spacial score (nSPS) is 11.5. The average Bonchev–Trinajstić information content (AvgIpc) is 3.74. The molecule has 6 aromatic carbocycles. The lowest BCUT2D eigenvalue weighted by molar-refractivity contribution is 0.631. The van der Waals surface area contributed by atoms with E-state index in [1.54, 1.807) is 11.3 Å². The zero-order valence-corrected chi connectivity index (χ0v) is 25.5. The summed E-state index contributed by atoms with van der Waals surface area (Å²) in [6.07, 6.45) is 0. The standard InChI is InChI=1S/C42H26N2OS/c1-2-11-27(12-3-1)31-14-5-6-15-32(31)37-26-36(28-21-23-29(24-22-28)39-25-30-13-4-8-19-38(30)45-39)43-42(44-37)35-18-10-17-34-33-16-7-9-20-40(33)46-41(34)35/h1-26H. The average molecular weight is 607 g/mol. The fourth-order valence-corrected chi connectivity index (χ4v) is 7.49. The molecule has 4 heteroatoms. The molecule has 0 N–H and O–H groups in total. The summed E-state index contributed by atoms with van der Waals surface area (Å²) in [4.78, 5) is 10.5. The number of aromatic nitrogens is 2. The van der Waals surface area contributed by atoms with E-state index in [0.717, 1.165) is 61.5 Å². The van der Waals surface area contributed by atoms with Gasteiger partial charge < -0.3 is 4.42 Å². The van der Waals surface area contributed by atoms with Gasteiger partial charge in [0.25, 0.3) is 0 Å². The Morgan fingerprint density at radius 3 is 2.00 bits per heavy atom. The quantitative estimate of drug-likeness (QED) is 0.196. The first-order valence-corrected chi connectivity index (χ1v) is 16.1. The number of nitrogens with zero attached hydrogens (tertiary/aromatic N) is 2. The van der Waals surface area contributed by atoms with Crippen LogP contribution in [0.2, 0.25) is 0 Å². The predicted molar refractivity (Wildman–Crippen MR) is 192 cm³/mol. The van der Waals surface area contributed by atoms with Crippen LogP contribution in [0.4, 0.5) is 0 Å². The van der Waals surface area contributed by atoms with Crippen molar-refractivity contribution in [1.82, 2.24) is 9.97 Å². The second-order valence-corrected chi connectivity index (χ2v) is 12.4. The van der Waals surface area contributed by atoms with Gasteiger partial charge in [-0.05, 0) is 41.5 Å². The minimum absolute atomic E-state index is 0.717. The van der Waals surface area contributed by atoms with Crippen LogP contribution in [0.1, 0.15) is 0 Å². The van der Waals surface area contributed by atoms with Crippen molar-refractivity contribution in [2.75, 3.05) is 0 Å². The van der Waals surface area contributed by atoms with Crippen LogP contribution >= 0.6 is 11.3 Å². The third kappa shape index (κ3) is 4.59. The van der Waals surface area contributed by atoms with Crippen LogP contribution in [-0.2, 0) is 0 Å². The van der Waals surface area contributed by atoms with E-state index in [4.69, 9.17) is 14.4 Å². The molecule has 0 aliphatic rings. The molecule has 0 aliphatic heterocycles. The molecule has 46 heavy (non-hydrogen) atoms. The third-order valence-electron chi connectivity index (χ3n) is 8.55. The van der Waals surface area contributed by atoms with E-state index in [2.05, 4.69) is 133 Å². The highest BCUT2D eigenvalue weighted by atomic mass is 32.1. The van der Waals surface area contributed by atoms with Crippen LogP contribution in [0.3, 0.4) is 0 Å². The van der Waals surface area contributed by atoms with E-state index in [0.29, 0.717) is 5.82 Å². The van der Waals surface area contributed by atoms with E-state index in [-0.39, 0.29) is 0 Å². The molecule has 0 spiro atoms. The molecule has 216 valence electrons. The van der Waals surface area contributed by atoms with Gasteiger partial charge in [-0.1, -0.05) is 127 Å². The van der Waals surface area contributed by atoms with E-state index in [9.17, 15) is 0 Å². The molecule has 0 saturated carbocycles. The van der Waals surface area contributed by atoms with E-state index < -0.39 is 0 Å². The van der Waals surface area contributed by atoms with Gasteiger partial charge in [-0.2, -0.15) is 0 Å². The van der Waals surface area contributed by atoms with E-state index in [1.807, 2.05) is 24.3 Å². The molecule has 0 unspecified atom stereocenters. The molecule has 3 nitrogen and oxygen atoms in total. The number of fused-ring (bicyclic) bond motifs is 4. The molecule has 0 fully saturated rings. The summed E-state index contributed by atoms with van der Waals surface area (Å²) in [5.74, 6) is 1.57. The molecule has 0 bridgehead atoms. The van der Waals surface area contributed by atoms with Crippen molar-refractivity contribution >= 4 is 42.5 Å². The Labute approximate surface area is 270 Å². The maximum absolute atomic E-state index is 6.15. The zero-order valence-electron chi connectivity index (χ0n) is 24.7. The fourth-order valence-electron chi connectivity index (χ4n) is 6.28. The second kappa shape index (κ2) is 11.0. The van der Waals surface area contributed by atoms with Crippen molar-refractivity contribution in [2.24, 2.45) is 0 Å². The van der Waals surface area contributed by atoms with Crippen molar-refractivity contribution in [3.05, 3.63) is 158 Å². The van der Waals surface area contributed by atoms with Gasteiger partial charge in [-0.15, -0.1) is 11.3 Å². The van der Waals surface area contributed by atoms with Gasteiger partial charge >= 0.3 is 0 Å². The fraction of sp³-hybridized carbons (Fsp3) is 0. The highest BCUT2D eigenvalue weighted by molar-refractivity contribution is 7.26. The van der Waals surface area contributed by atoms with Crippen LogP contribution in [0.25, 0.3) is 87.5 Å². The topological polar surface area (TPSA) is 38.9 Å². The highest BCUT2D eigenvalue weighted by Crippen LogP contribution is 2.41. The smallest absolute Gasteiger partial charge is 0.161 e. The van der Waals surface area contributed by atoms with Crippen LogP contribution < -0.4 is 0 Å². The first-order chi connectivity index (χ1) is 22.8. The van der Waals surface area contributed by atoms with Gasteiger partial charge in [0.15, 0.2) is 5.82 Å². The molecule has 0 aliphatic carbocycles. The van der Waals surface area contributed by atoms with Gasteiger partial charge in [-0.25, -0.2) is 9.97 Å². The Balaban J connectivity index is 1.23. The minimum atomic E-state index is 0.717. The summed E-state index contributed by atoms with van der Waals surface area (Å²) in [5, 5.41) is 3.59. The van der Waals surface area contributed by atoms with Crippen molar-refractivity contribution in [3.8, 4) is 56.4 Å².